The highest BCUT2D eigenvalue weighted by Gasteiger charge is 2.34. The van der Waals surface area contributed by atoms with E-state index in [0.717, 1.165) is 50.1 Å². The molecule has 0 aromatic carbocycles. The number of rotatable bonds is 4. The van der Waals surface area contributed by atoms with Gasteiger partial charge in [0.05, 0.1) is 12.6 Å². The molecule has 2 aliphatic rings. The number of carbonyl (C=O) groups excluding carboxylic acids is 1. The first-order valence-corrected chi connectivity index (χ1v) is 9.99. The molecule has 1 aliphatic carbocycles. The van der Waals surface area contributed by atoms with E-state index >= 15 is 0 Å². The molecular weight excluding hydrogens is 338 g/mol. The Kier molecular flexibility index (Phi) is 4.70. The summed E-state index contributed by atoms with van der Waals surface area (Å²) in [5.41, 5.74) is -0.237. The summed E-state index contributed by atoms with van der Waals surface area (Å²) in [6, 6.07) is 3.78. The lowest BCUT2D eigenvalue weighted by Crippen LogP contribution is -2.43. The first kappa shape index (κ1) is 16.5. The fourth-order valence-corrected chi connectivity index (χ4v) is 4.68. The predicted molar refractivity (Wildman–Crippen MR) is 94.8 cm³/mol. The fraction of sp³-hybridized carbons (Fsp3) is 0.647. The lowest BCUT2D eigenvalue weighted by molar-refractivity contribution is -0.137. The minimum absolute atomic E-state index is 0.0561. The van der Waals surface area contributed by atoms with E-state index in [2.05, 4.69) is 10.4 Å². The molecule has 1 atom stereocenters. The van der Waals surface area contributed by atoms with Gasteiger partial charge in [0.25, 0.3) is 0 Å². The molecule has 4 rings (SSSR count). The summed E-state index contributed by atoms with van der Waals surface area (Å²) < 4.78 is 2.73. The summed E-state index contributed by atoms with van der Waals surface area (Å²) in [7, 11) is 0. The highest BCUT2D eigenvalue weighted by atomic mass is 32.1. The molecule has 2 aromatic rings. The maximum Gasteiger partial charge on any atom is 0.369 e. The van der Waals surface area contributed by atoms with Gasteiger partial charge in [-0.15, -0.1) is 11.3 Å². The molecule has 134 valence electrons. The van der Waals surface area contributed by atoms with E-state index in [1.807, 2.05) is 22.4 Å². The molecule has 7 nitrogen and oxygen atoms in total. The lowest BCUT2D eigenvalue weighted by Gasteiger charge is -2.30. The molecular formula is C17H23N5O2S. The number of nitrogens with zero attached hydrogens (tertiary/aromatic N) is 5. The van der Waals surface area contributed by atoms with Crippen LogP contribution in [-0.2, 0) is 11.3 Å². The van der Waals surface area contributed by atoms with Crippen LogP contribution < -0.4 is 5.69 Å². The summed E-state index contributed by atoms with van der Waals surface area (Å²) in [5.74, 6) is 0.453. The van der Waals surface area contributed by atoms with Gasteiger partial charge in [0.15, 0.2) is 0 Å². The molecule has 0 unspecified atom stereocenters. The summed E-state index contributed by atoms with van der Waals surface area (Å²) >= 11 is 1.45. The number of hydrogen-bond donors (Lipinski definition) is 0. The Bertz CT molecular complexity index is 775. The van der Waals surface area contributed by atoms with Crippen LogP contribution in [0.4, 0.5) is 0 Å². The minimum Gasteiger partial charge on any atom is -0.338 e. The van der Waals surface area contributed by atoms with E-state index < -0.39 is 0 Å². The Morgan fingerprint density at radius 2 is 2.00 bits per heavy atom. The second kappa shape index (κ2) is 7.11. The molecule has 1 aliphatic heterocycles. The third-order valence-corrected chi connectivity index (χ3v) is 6.20. The van der Waals surface area contributed by atoms with Crippen LogP contribution in [0.5, 0.6) is 0 Å². The van der Waals surface area contributed by atoms with Crippen molar-refractivity contribution in [2.45, 2.75) is 57.5 Å². The number of aromatic nitrogens is 4. The maximum atomic E-state index is 12.9. The Morgan fingerprint density at radius 3 is 2.76 bits per heavy atom. The minimum atomic E-state index is -0.237. The quantitative estimate of drug-likeness (QED) is 0.836. The van der Waals surface area contributed by atoms with Crippen LogP contribution in [0.15, 0.2) is 22.3 Å². The highest BCUT2D eigenvalue weighted by molar-refractivity contribution is 7.12. The smallest absolute Gasteiger partial charge is 0.338 e. The number of carbonyl (C=O) groups is 1. The van der Waals surface area contributed by atoms with Crippen molar-refractivity contribution < 1.29 is 4.79 Å². The van der Waals surface area contributed by atoms with Crippen molar-refractivity contribution in [2.24, 2.45) is 5.92 Å². The van der Waals surface area contributed by atoms with Crippen LogP contribution in [0, 0.1) is 5.92 Å². The van der Waals surface area contributed by atoms with Crippen molar-refractivity contribution in [3.05, 3.63) is 28.0 Å². The van der Waals surface area contributed by atoms with Gasteiger partial charge < -0.3 is 4.90 Å². The lowest BCUT2D eigenvalue weighted by atomic mass is 9.88. The Labute approximate surface area is 150 Å². The molecule has 1 amide bonds. The molecule has 1 saturated heterocycles. The summed E-state index contributed by atoms with van der Waals surface area (Å²) in [6.07, 6.45) is 7.50. The van der Waals surface area contributed by atoms with Gasteiger partial charge in [-0.25, -0.2) is 4.79 Å². The molecule has 0 N–H and O–H groups in total. The number of thiophene rings is 1. The van der Waals surface area contributed by atoms with Gasteiger partial charge in [0.2, 0.25) is 5.91 Å². The van der Waals surface area contributed by atoms with Crippen molar-refractivity contribution in [3.63, 3.8) is 0 Å². The second-order valence-electron chi connectivity index (χ2n) is 6.97. The zero-order valence-electron chi connectivity index (χ0n) is 14.2. The first-order chi connectivity index (χ1) is 12.2. The van der Waals surface area contributed by atoms with Crippen molar-refractivity contribution >= 4 is 17.2 Å². The number of hydrogen-bond acceptors (Lipinski definition) is 5. The standard InChI is InChI=1S/C17H23N5O2S/c23-16(13-6-2-1-3-7-13)20-10-4-8-14(20)12-21-17(24)22(19-18-21)15-9-5-11-25-15/h5,9,11,13-14H,1-4,6-8,10,12H2/t14-/m1/s1. The Hall–Kier alpha value is -1.96. The average molecular weight is 361 g/mol. The second-order valence-corrected chi connectivity index (χ2v) is 7.90. The molecule has 0 spiro atoms. The molecule has 1 saturated carbocycles. The summed E-state index contributed by atoms with van der Waals surface area (Å²) in [6.45, 7) is 1.23. The SMILES string of the molecule is O=C(C1CCCCC1)N1CCC[C@@H]1Cn1nnn(-c2cccs2)c1=O. The zero-order valence-corrected chi connectivity index (χ0v) is 15.0. The number of amides is 1. The van der Waals surface area contributed by atoms with Gasteiger partial charge in [-0.1, -0.05) is 19.3 Å². The molecule has 0 radical (unpaired) electrons. The number of likely N-dealkylation sites (tertiary alicyclic amines) is 1. The topological polar surface area (TPSA) is 73.0 Å². The van der Waals surface area contributed by atoms with Crippen molar-refractivity contribution in [3.8, 4) is 5.00 Å². The summed E-state index contributed by atoms with van der Waals surface area (Å²) in [4.78, 5) is 27.4. The Morgan fingerprint density at radius 1 is 1.16 bits per heavy atom. The summed E-state index contributed by atoms with van der Waals surface area (Å²) in [5, 5.41) is 10.7. The van der Waals surface area contributed by atoms with Crippen LogP contribution in [0.2, 0.25) is 0 Å². The zero-order chi connectivity index (χ0) is 17.2. The third-order valence-electron chi connectivity index (χ3n) is 5.35. The van der Waals surface area contributed by atoms with Gasteiger partial charge in [0.1, 0.15) is 5.00 Å². The van der Waals surface area contributed by atoms with Crippen LogP contribution >= 0.6 is 11.3 Å². The van der Waals surface area contributed by atoms with Gasteiger partial charge in [-0.3, -0.25) is 4.79 Å². The number of tetrazole rings is 1. The van der Waals surface area contributed by atoms with Crippen molar-refractivity contribution in [2.75, 3.05) is 6.54 Å². The monoisotopic (exact) mass is 361 g/mol. The van der Waals surface area contributed by atoms with E-state index in [9.17, 15) is 9.59 Å². The van der Waals surface area contributed by atoms with Crippen LogP contribution in [0.25, 0.3) is 5.00 Å². The van der Waals surface area contributed by atoms with E-state index in [1.165, 1.54) is 27.1 Å². The van der Waals surface area contributed by atoms with Crippen LogP contribution in [0.3, 0.4) is 0 Å². The van der Waals surface area contributed by atoms with Gasteiger partial charge in [0, 0.05) is 12.5 Å². The van der Waals surface area contributed by atoms with E-state index in [1.54, 1.807) is 0 Å². The molecule has 3 heterocycles. The normalized spacial score (nSPS) is 21.8. The van der Waals surface area contributed by atoms with E-state index in [0.29, 0.717) is 6.54 Å². The molecule has 8 heteroatoms. The first-order valence-electron chi connectivity index (χ1n) is 9.11. The largest absolute Gasteiger partial charge is 0.369 e. The fourth-order valence-electron chi connectivity index (χ4n) is 4.02. The predicted octanol–water partition coefficient (Wildman–Crippen LogP) is 2.06. The van der Waals surface area contributed by atoms with Crippen LogP contribution in [0.1, 0.15) is 44.9 Å². The van der Waals surface area contributed by atoms with E-state index in [4.69, 9.17) is 0 Å². The Balaban J connectivity index is 1.48. The average Bonchev–Trinajstić information content (AvgIpc) is 3.38. The van der Waals surface area contributed by atoms with E-state index in [-0.39, 0.29) is 23.6 Å². The molecule has 2 fully saturated rings. The third kappa shape index (κ3) is 3.27. The van der Waals surface area contributed by atoms with Gasteiger partial charge >= 0.3 is 5.69 Å². The molecule has 25 heavy (non-hydrogen) atoms. The van der Waals surface area contributed by atoms with Crippen molar-refractivity contribution in [1.82, 2.24) is 24.7 Å². The van der Waals surface area contributed by atoms with Crippen LogP contribution in [-0.4, -0.2) is 43.2 Å². The van der Waals surface area contributed by atoms with Gasteiger partial charge in [-0.05, 0) is 53.6 Å². The molecule has 0 bridgehead atoms. The highest BCUT2D eigenvalue weighted by Crippen LogP contribution is 2.29. The van der Waals surface area contributed by atoms with Gasteiger partial charge in [-0.2, -0.15) is 9.36 Å². The molecule has 2 aromatic heterocycles. The van der Waals surface area contributed by atoms with Crippen molar-refractivity contribution in [1.29, 1.82) is 0 Å². The maximum absolute atomic E-state index is 12.9.